The summed E-state index contributed by atoms with van der Waals surface area (Å²) in [5.74, 6) is -2.76. The molecule has 2 rings (SSSR count). The highest BCUT2D eigenvalue weighted by Gasteiger charge is 2.38. The molecule has 0 aliphatic rings. The summed E-state index contributed by atoms with van der Waals surface area (Å²) in [5, 5.41) is 32.8. The van der Waals surface area contributed by atoms with E-state index < -0.39 is 12.1 Å². The maximum atomic E-state index is 11.1. The quantitative estimate of drug-likeness (QED) is 0.560. The van der Waals surface area contributed by atoms with Crippen LogP contribution in [0.1, 0.15) is 5.56 Å². The molecule has 0 saturated carbocycles. The fourth-order valence-corrected chi connectivity index (χ4v) is 1.19. The Bertz CT molecular complexity index is 645. The highest BCUT2D eigenvalue weighted by molar-refractivity contribution is 5.73. The second kappa shape index (κ2) is 5.55. The van der Waals surface area contributed by atoms with Crippen LogP contribution in [0.4, 0.5) is 13.2 Å². The molecular weight excluding hydrogens is 283 g/mol. The molecular formula is C10H8F3N3O4. The molecule has 10 heteroatoms. The van der Waals surface area contributed by atoms with Crippen molar-refractivity contribution in [3.05, 3.63) is 40.5 Å². The van der Waals surface area contributed by atoms with Crippen molar-refractivity contribution in [3.63, 3.8) is 0 Å². The maximum absolute atomic E-state index is 11.1. The minimum absolute atomic E-state index is 0.289. The van der Waals surface area contributed by atoms with Gasteiger partial charge in [0, 0.05) is 6.07 Å². The Labute approximate surface area is 109 Å². The fourth-order valence-electron chi connectivity index (χ4n) is 1.19. The van der Waals surface area contributed by atoms with Crippen LogP contribution in [0.25, 0.3) is 11.0 Å². The van der Waals surface area contributed by atoms with Crippen LogP contribution in [0, 0.1) is 17.3 Å². The van der Waals surface area contributed by atoms with Gasteiger partial charge in [0.2, 0.25) is 10.6 Å². The van der Waals surface area contributed by atoms with E-state index >= 15 is 0 Å². The maximum Gasteiger partial charge on any atom is 0.490 e. The summed E-state index contributed by atoms with van der Waals surface area (Å²) >= 11 is 0. The SMILES string of the molecule is Cc1ccc2c(c1)[n+]([O-])nc[n+]2[O-].O=C(O)C(F)(F)F. The Morgan fingerprint density at radius 3 is 2.35 bits per heavy atom. The van der Waals surface area contributed by atoms with Crippen molar-refractivity contribution in [2.75, 3.05) is 0 Å². The van der Waals surface area contributed by atoms with Gasteiger partial charge in [-0.15, -0.1) is 0 Å². The average molecular weight is 291 g/mol. The van der Waals surface area contributed by atoms with Crippen LogP contribution in [0.3, 0.4) is 0 Å². The van der Waals surface area contributed by atoms with E-state index in [9.17, 15) is 23.6 Å². The van der Waals surface area contributed by atoms with Crippen LogP contribution in [-0.4, -0.2) is 22.4 Å². The molecule has 0 atom stereocenters. The first kappa shape index (κ1) is 15.4. The number of aromatic nitrogens is 3. The number of halogens is 3. The van der Waals surface area contributed by atoms with Gasteiger partial charge in [-0.2, -0.15) is 13.2 Å². The molecule has 0 radical (unpaired) electrons. The predicted molar refractivity (Wildman–Crippen MR) is 58.1 cm³/mol. The number of benzene rings is 1. The monoisotopic (exact) mass is 291 g/mol. The molecule has 1 heterocycles. The van der Waals surface area contributed by atoms with Crippen LogP contribution < -0.4 is 9.58 Å². The molecule has 0 aliphatic carbocycles. The lowest BCUT2D eigenvalue weighted by Crippen LogP contribution is -2.40. The van der Waals surface area contributed by atoms with Crippen molar-refractivity contribution >= 4 is 17.0 Å². The van der Waals surface area contributed by atoms with E-state index in [2.05, 4.69) is 5.10 Å². The Morgan fingerprint density at radius 1 is 1.30 bits per heavy atom. The van der Waals surface area contributed by atoms with Crippen molar-refractivity contribution in [2.45, 2.75) is 13.1 Å². The van der Waals surface area contributed by atoms with E-state index in [0.717, 1.165) is 11.9 Å². The molecule has 20 heavy (non-hydrogen) atoms. The van der Waals surface area contributed by atoms with Gasteiger partial charge in [0.05, 0.1) is 4.85 Å². The number of nitrogens with zero attached hydrogens (tertiary/aromatic N) is 3. The molecule has 108 valence electrons. The summed E-state index contributed by atoms with van der Waals surface area (Å²) < 4.78 is 32.3. The van der Waals surface area contributed by atoms with Gasteiger partial charge in [0.15, 0.2) is 0 Å². The van der Waals surface area contributed by atoms with Gasteiger partial charge < -0.3 is 15.5 Å². The molecule has 1 aromatic carbocycles. The standard InChI is InChI=1S/C8H7N3O2.C2HF3O2/c1-6-2-3-7-8(4-6)11(13)9-5-10(7)12;3-2(4,5)1(6)7/h2-5H,1H3;(H,6,7). The summed E-state index contributed by atoms with van der Waals surface area (Å²) in [7, 11) is 0. The third-order valence-electron chi connectivity index (χ3n) is 2.08. The van der Waals surface area contributed by atoms with Gasteiger partial charge in [-0.25, -0.2) is 9.52 Å². The topological polar surface area (TPSA) is 104 Å². The van der Waals surface area contributed by atoms with Crippen molar-refractivity contribution in [2.24, 2.45) is 0 Å². The smallest absolute Gasteiger partial charge is 0.490 e. The summed E-state index contributed by atoms with van der Waals surface area (Å²) in [6.07, 6.45) is -4.13. The highest BCUT2D eigenvalue weighted by atomic mass is 19.4. The largest absolute Gasteiger partial charge is 0.710 e. The van der Waals surface area contributed by atoms with Crippen molar-refractivity contribution < 1.29 is 32.6 Å². The Hall–Kier alpha value is -2.65. The van der Waals surface area contributed by atoms with E-state index in [4.69, 9.17) is 9.90 Å². The van der Waals surface area contributed by atoms with E-state index in [1.807, 2.05) is 6.92 Å². The fraction of sp³-hybridized carbons (Fsp3) is 0.200. The van der Waals surface area contributed by atoms with Crippen LogP contribution in [0.15, 0.2) is 24.5 Å². The number of carboxylic acids is 1. The third kappa shape index (κ3) is 3.67. The Morgan fingerprint density at radius 2 is 1.85 bits per heavy atom. The molecule has 1 aromatic heterocycles. The number of fused-ring (bicyclic) bond motifs is 1. The predicted octanol–water partition coefficient (Wildman–Crippen LogP) is 0.443. The molecule has 0 fully saturated rings. The molecule has 0 spiro atoms. The van der Waals surface area contributed by atoms with Gasteiger partial charge in [0.1, 0.15) is 0 Å². The van der Waals surface area contributed by atoms with Gasteiger partial charge in [-0.05, 0) is 18.6 Å². The number of aliphatic carboxylic acids is 1. The summed E-state index contributed by atoms with van der Waals surface area (Å²) in [5.41, 5.74) is 1.54. The minimum Gasteiger partial charge on any atom is -0.710 e. The molecule has 1 N–H and O–H groups in total. The number of hydrogen-bond donors (Lipinski definition) is 1. The first-order chi connectivity index (χ1) is 9.12. The third-order valence-corrected chi connectivity index (χ3v) is 2.08. The van der Waals surface area contributed by atoms with Crippen molar-refractivity contribution in [1.29, 1.82) is 0 Å². The number of aryl methyl sites for hydroxylation is 1. The summed E-state index contributed by atoms with van der Waals surface area (Å²) in [6.45, 7) is 1.85. The van der Waals surface area contributed by atoms with Crippen molar-refractivity contribution in [1.82, 2.24) is 5.10 Å². The summed E-state index contributed by atoms with van der Waals surface area (Å²) in [4.78, 5) is 9.34. The molecule has 7 nitrogen and oxygen atoms in total. The molecule has 0 aliphatic heterocycles. The van der Waals surface area contributed by atoms with Crippen LogP contribution >= 0.6 is 0 Å². The Balaban J connectivity index is 0.000000246. The zero-order chi connectivity index (χ0) is 15.5. The first-order valence-corrected chi connectivity index (χ1v) is 5.01. The molecule has 0 amide bonds. The normalized spacial score (nSPS) is 10.8. The number of rotatable bonds is 0. The van der Waals surface area contributed by atoms with Gasteiger partial charge in [0.25, 0.3) is 0 Å². The lowest BCUT2D eigenvalue weighted by Gasteiger charge is -2.02. The molecule has 2 aromatic rings. The van der Waals surface area contributed by atoms with Crippen molar-refractivity contribution in [3.8, 4) is 0 Å². The highest BCUT2D eigenvalue weighted by Crippen LogP contribution is 2.13. The number of carboxylic acid groups (broad SMARTS) is 1. The van der Waals surface area contributed by atoms with E-state index in [1.165, 1.54) is 0 Å². The Kier molecular flexibility index (Phi) is 4.27. The lowest BCUT2D eigenvalue weighted by atomic mass is 10.2. The minimum atomic E-state index is -5.08. The van der Waals surface area contributed by atoms with Gasteiger partial charge >= 0.3 is 24.0 Å². The first-order valence-electron chi connectivity index (χ1n) is 5.01. The van der Waals surface area contributed by atoms with Crippen LogP contribution in [0.2, 0.25) is 0 Å². The van der Waals surface area contributed by atoms with Gasteiger partial charge in [-0.3, -0.25) is 0 Å². The van der Waals surface area contributed by atoms with E-state index in [-0.39, 0.29) is 5.52 Å². The van der Waals surface area contributed by atoms with Gasteiger partial charge in [-0.1, -0.05) is 6.07 Å². The van der Waals surface area contributed by atoms with Crippen LogP contribution in [-0.2, 0) is 4.79 Å². The van der Waals surface area contributed by atoms with E-state index in [1.54, 1.807) is 18.2 Å². The molecule has 0 unspecified atom stereocenters. The number of alkyl halides is 3. The number of hydrogen-bond acceptors (Lipinski definition) is 4. The number of carbonyl (C=O) groups is 1. The average Bonchev–Trinajstić information content (AvgIpc) is 2.33. The zero-order valence-electron chi connectivity index (χ0n) is 9.96. The molecule has 0 saturated heterocycles. The zero-order valence-corrected chi connectivity index (χ0v) is 9.96. The summed E-state index contributed by atoms with van der Waals surface area (Å²) in [6, 6.07) is 5.01. The molecule has 0 bridgehead atoms. The van der Waals surface area contributed by atoms with E-state index in [0.29, 0.717) is 15.1 Å². The second-order valence-corrected chi connectivity index (χ2v) is 3.62. The lowest BCUT2D eigenvalue weighted by molar-refractivity contribution is -0.680. The van der Waals surface area contributed by atoms with Crippen LogP contribution in [0.5, 0.6) is 0 Å². The second-order valence-electron chi connectivity index (χ2n) is 3.62.